The molecule has 2 aromatic carbocycles. The fourth-order valence-electron chi connectivity index (χ4n) is 6.02. The van der Waals surface area contributed by atoms with Gasteiger partial charge in [0.05, 0.1) is 40.3 Å². The molecule has 1 amide bonds. The number of fused-ring (bicyclic) bond motifs is 3. The van der Waals surface area contributed by atoms with E-state index in [2.05, 4.69) is 20.0 Å². The molecule has 0 aliphatic carbocycles. The molecule has 14 nitrogen and oxygen atoms in total. The van der Waals surface area contributed by atoms with Gasteiger partial charge in [-0.3, -0.25) is 14.9 Å². The summed E-state index contributed by atoms with van der Waals surface area (Å²) in [4.78, 5) is 34.1. The van der Waals surface area contributed by atoms with Crippen molar-refractivity contribution in [1.82, 2.24) is 14.7 Å². The van der Waals surface area contributed by atoms with Crippen molar-refractivity contribution in [1.29, 1.82) is 0 Å². The van der Waals surface area contributed by atoms with Crippen molar-refractivity contribution in [2.24, 2.45) is 5.92 Å². The van der Waals surface area contributed by atoms with E-state index in [0.29, 0.717) is 55.9 Å². The highest BCUT2D eigenvalue weighted by Crippen LogP contribution is 2.44. The van der Waals surface area contributed by atoms with E-state index >= 15 is 0 Å². The first-order valence-corrected chi connectivity index (χ1v) is 16.0. The molecule has 4 aromatic rings. The molecule has 15 heteroatoms. The highest BCUT2D eigenvalue weighted by atomic mass is 32.2. The number of para-hydroxylation sites is 1. The molecule has 2 fully saturated rings. The number of amides is 1. The van der Waals surface area contributed by atoms with Gasteiger partial charge in [-0.05, 0) is 55.2 Å². The molecule has 3 aliphatic rings. The Morgan fingerprint density at radius 3 is 2.71 bits per heavy atom. The Morgan fingerprint density at radius 2 is 1.89 bits per heavy atom. The van der Waals surface area contributed by atoms with Crippen molar-refractivity contribution >= 4 is 49.7 Å². The van der Waals surface area contributed by atoms with Gasteiger partial charge >= 0.3 is 0 Å². The second-order valence-corrected chi connectivity index (χ2v) is 12.9. The SMILES string of the molecule is O=C(NS(=O)(=O)c1ccc(NCC2CCOCC2)c([N+](=O)[O-])c1)c1ccccc1N1c2cc3cc[nH]c3nc2O[C@@H]2COC[C@H]21. The molecule has 0 unspecified atom stereocenters. The van der Waals surface area contributed by atoms with Crippen LogP contribution in [0.25, 0.3) is 11.0 Å². The van der Waals surface area contributed by atoms with Gasteiger partial charge in [-0.15, -0.1) is 0 Å². The first-order chi connectivity index (χ1) is 21.8. The van der Waals surface area contributed by atoms with E-state index in [1.807, 2.05) is 17.0 Å². The van der Waals surface area contributed by atoms with Crippen molar-refractivity contribution in [3.05, 3.63) is 76.5 Å². The fourth-order valence-corrected chi connectivity index (χ4v) is 7.00. The number of carbonyl (C=O) groups is 1. The fraction of sp³-hybridized carbons (Fsp3) is 0.333. The standard InChI is InChI=1S/C30H30N6O8S/c37-29(34-45(40,41)20-5-6-22(24(14-20)36(38)39)32-15-18-8-11-42-12-9-18)21-3-1-2-4-23(21)35-25-13-19-7-10-31-28(19)33-30(25)44-27-17-43-16-26(27)35/h1-7,10,13-14,18,26-27,32H,8-9,11-12,15-17H2,(H,31,33)(H,34,37)/t26-,27-/m1/s1. The lowest BCUT2D eigenvalue weighted by Crippen LogP contribution is -2.47. The average molecular weight is 635 g/mol. The molecule has 5 heterocycles. The quantitative estimate of drug-likeness (QED) is 0.190. The molecule has 7 rings (SSSR count). The lowest BCUT2D eigenvalue weighted by atomic mass is 10.0. The first-order valence-electron chi connectivity index (χ1n) is 14.6. The summed E-state index contributed by atoms with van der Waals surface area (Å²) in [7, 11) is -4.50. The highest BCUT2D eigenvalue weighted by Gasteiger charge is 2.43. The van der Waals surface area contributed by atoms with Gasteiger partial charge in [0.2, 0.25) is 5.88 Å². The number of carbonyl (C=O) groups excluding carboxylic acids is 1. The van der Waals surface area contributed by atoms with Gasteiger partial charge in [-0.2, -0.15) is 4.98 Å². The lowest BCUT2D eigenvalue weighted by Gasteiger charge is -2.39. The zero-order chi connectivity index (χ0) is 31.1. The van der Waals surface area contributed by atoms with E-state index in [9.17, 15) is 23.3 Å². The number of hydrogen-bond acceptors (Lipinski definition) is 11. The number of sulfonamides is 1. The van der Waals surface area contributed by atoms with Crippen LogP contribution < -0.4 is 19.7 Å². The van der Waals surface area contributed by atoms with E-state index in [-0.39, 0.29) is 29.3 Å². The summed E-state index contributed by atoms with van der Waals surface area (Å²) in [5, 5.41) is 15.8. The molecular formula is C30H30N6O8S. The molecule has 0 bridgehead atoms. The number of nitrogens with zero attached hydrogens (tertiary/aromatic N) is 3. The number of benzene rings is 2. The minimum atomic E-state index is -4.50. The number of nitrogens with one attached hydrogen (secondary N) is 3. The van der Waals surface area contributed by atoms with E-state index in [0.717, 1.165) is 24.3 Å². The average Bonchev–Trinajstić information content (AvgIpc) is 3.71. The summed E-state index contributed by atoms with van der Waals surface area (Å²) >= 11 is 0. The molecule has 2 atom stereocenters. The van der Waals surface area contributed by atoms with Gasteiger partial charge < -0.3 is 29.4 Å². The zero-order valence-corrected chi connectivity index (χ0v) is 24.8. The molecule has 0 saturated carbocycles. The topological polar surface area (TPSA) is 178 Å². The zero-order valence-electron chi connectivity index (χ0n) is 24.0. The summed E-state index contributed by atoms with van der Waals surface area (Å²) in [5.74, 6) is -0.248. The van der Waals surface area contributed by atoms with Gasteiger partial charge in [0.1, 0.15) is 23.1 Å². The largest absolute Gasteiger partial charge is 0.468 e. The number of rotatable bonds is 8. The summed E-state index contributed by atoms with van der Waals surface area (Å²) in [6, 6.07) is 13.6. The van der Waals surface area contributed by atoms with E-state index in [1.54, 1.807) is 24.4 Å². The van der Waals surface area contributed by atoms with Gasteiger partial charge in [0.15, 0.2) is 0 Å². The van der Waals surface area contributed by atoms with Crippen LogP contribution in [0.15, 0.2) is 65.7 Å². The van der Waals surface area contributed by atoms with E-state index < -0.39 is 31.4 Å². The molecular weight excluding hydrogens is 604 g/mol. The number of ether oxygens (including phenoxy) is 3. The lowest BCUT2D eigenvalue weighted by molar-refractivity contribution is -0.384. The summed E-state index contributed by atoms with van der Waals surface area (Å²) in [6.07, 6.45) is 3.07. The highest BCUT2D eigenvalue weighted by molar-refractivity contribution is 7.90. The monoisotopic (exact) mass is 634 g/mol. The van der Waals surface area contributed by atoms with Crippen LogP contribution in [0.2, 0.25) is 0 Å². The second-order valence-electron chi connectivity index (χ2n) is 11.2. The maximum Gasteiger partial charge on any atom is 0.293 e. The Hall–Kier alpha value is -4.73. The van der Waals surface area contributed by atoms with E-state index in [4.69, 9.17) is 14.2 Å². The number of hydrogen-bond donors (Lipinski definition) is 3. The summed E-state index contributed by atoms with van der Waals surface area (Å²) in [6.45, 7) is 2.41. The number of aromatic amines is 1. The summed E-state index contributed by atoms with van der Waals surface area (Å²) in [5.41, 5.74) is 1.56. The maximum atomic E-state index is 13.7. The molecule has 234 valence electrons. The van der Waals surface area contributed by atoms with Gasteiger partial charge in [-0.1, -0.05) is 12.1 Å². The van der Waals surface area contributed by atoms with Crippen LogP contribution >= 0.6 is 0 Å². The smallest absolute Gasteiger partial charge is 0.293 e. The van der Waals surface area contributed by atoms with Crippen LogP contribution in [0, 0.1) is 16.0 Å². The summed E-state index contributed by atoms with van der Waals surface area (Å²) < 4.78 is 46.2. The van der Waals surface area contributed by atoms with Crippen molar-refractivity contribution in [3.8, 4) is 5.88 Å². The van der Waals surface area contributed by atoms with Crippen LogP contribution in [0.4, 0.5) is 22.7 Å². The number of nitro groups is 1. The Bertz CT molecular complexity index is 1890. The molecule has 45 heavy (non-hydrogen) atoms. The molecule has 2 saturated heterocycles. The van der Waals surface area contributed by atoms with Gasteiger partial charge in [-0.25, -0.2) is 13.1 Å². The van der Waals surface area contributed by atoms with Crippen molar-refractivity contribution in [2.75, 3.05) is 43.2 Å². The molecule has 2 aromatic heterocycles. The van der Waals surface area contributed by atoms with Crippen LogP contribution in [0.5, 0.6) is 5.88 Å². The maximum absolute atomic E-state index is 13.7. The van der Waals surface area contributed by atoms with Crippen LogP contribution in [-0.4, -0.2) is 74.3 Å². The number of H-pyrrole nitrogens is 1. The molecule has 3 aliphatic heterocycles. The van der Waals surface area contributed by atoms with E-state index in [1.165, 1.54) is 18.2 Å². The molecule has 3 N–H and O–H groups in total. The number of anilines is 3. The first kappa shape index (κ1) is 29.0. The van der Waals surface area contributed by atoms with Crippen molar-refractivity contribution < 1.29 is 32.3 Å². The van der Waals surface area contributed by atoms with Gasteiger partial charge in [0, 0.05) is 37.4 Å². The number of pyridine rings is 1. The Labute approximate surface area is 257 Å². The van der Waals surface area contributed by atoms with Crippen LogP contribution in [-0.2, 0) is 19.5 Å². The number of aromatic nitrogens is 2. The minimum absolute atomic E-state index is 0.0815. The third-order valence-corrected chi connectivity index (χ3v) is 9.70. The third-order valence-electron chi connectivity index (χ3n) is 8.37. The van der Waals surface area contributed by atoms with Crippen molar-refractivity contribution in [2.45, 2.75) is 29.9 Å². The Morgan fingerprint density at radius 1 is 1.07 bits per heavy atom. The Kier molecular flexibility index (Phi) is 7.51. The molecule has 0 radical (unpaired) electrons. The minimum Gasteiger partial charge on any atom is -0.468 e. The van der Waals surface area contributed by atoms with Gasteiger partial charge in [0.25, 0.3) is 21.6 Å². The Balaban J connectivity index is 1.18. The van der Waals surface area contributed by atoms with Crippen LogP contribution in [0.1, 0.15) is 23.2 Å². The van der Waals surface area contributed by atoms with Crippen LogP contribution in [0.3, 0.4) is 0 Å². The predicted molar refractivity (Wildman–Crippen MR) is 163 cm³/mol. The second kappa shape index (κ2) is 11.6. The predicted octanol–water partition coefficient (Wildman–Crippen LogP) is 3.73. The normalized spacial score (nSPS) is 19.9. The van der Waals surface area contributed by atoms with Crippen molar-refractivity contribution in [3.63, 3.8) is 0 Å². The molecule has 0 spiro atoms. The number of nitro benzene ring substituents is 1. The third kappa shape index (κ3) is 5.54.